The summed E-state index contributed by atoms with van der Waals surface area (Å²) in [6.45, 7) is 1.69. The predicted octanol–water partition coefficient (Wildman–Crippen LogP) is 3.15. The maximum atomic E-state index is 13.1. The second kappa shape index (κ2) is 8.58. The van der Waals surface area contributed by atoms with Gasteiger partial charge in [-0.1, -0.05) is 30.3 Å². The third-order valence-corrected chi connectivity index (χ3v) is 5.57. The van der Waals surface area contributed by atoms with E-state index >= 15 is 0 Å². The number of nitrogens with one attached hydrogen (secondary N) is 2. The highest BCUT2D eigenvalue weighted by Gasteiger charge is 2.44. The number of piperidine rings is 1. The number of alkyl halides is 3. The van der Waals surface area contributed by atoms with E-state index in [9.17, 15) is 22.8 Å². The molecule has 6 nitrogen and oxygen atoms in total. The van der Waals surface area contributed by atoms with Gasteiger partial charge in [0.05, 0.1) is 0 Å². The number of halogens is 3. The number of carbonyl (C=O) groups excluding carboxylic acids is 2. The first-order valence-corrected chi connectivity index (χ1v) is 10.1. The molecule has 2 heterocycles. The first kappa shape index (κ1) is 21.2. The second-order valence-electron chi connectivity index (χ2n) is 7.59. The molecule has 0 aromatic heterocycles. The number of hydrogen-bond acceptors (Lipinski definition) is 4. The lowest BCUT2D eigenvalue weighted by molar-refractivity contribution is -0.274. The molecule has 2 aliphatic heterocycles. The fourth-order valence-corrected chi connectivity index (χ4v) is 4.16. The Hall–Kier alpha value is -3.07. The summed E-state index contributed by atoms with van der Waals surface area (Å²) in [7, 11) is 0. The summed E-state index contributed by atoms with van der Waals surface area (Å²) >= 11 is 0. The Balaban J connectivity index is 1.48. The molecule has 1 saturated heterocycles. The van der Waals surface area contributed by atoms with Crippen molar-refractivity contribution in [2.24, 2.45) is 0 Å². The van der Waals surface area contributed by atoms with E-state index in [1.165, 1.54) is 24.3 Å². The minimum absolute atomic E-state index is 0.0318. The molecule has 2 aromatic carbocycles. The molecule has 2 aliphatic rings. The number of carbonyl (C=O) groups is 2. The van der Waals surface area contributed by atoms with Crippen LogP contribution in [0.2, 0.25) is 0 Å². The molecular weight excluding hydrogens is 411 g/mol. The molecule has 2 aromatic rings. The number of rotatable bonds is 5. The van der Waals surface area contributed by atoms with E-state index in [0.29, 0.717) is 16.7 Å². The molecule has 164 valence electrons. The van der Waals surface area contributed by atoms with Crippen molar-refractivity contribution >= 4 is 11.8 Å². The van der Waals surface area contributed by atoms with Gasteiger partial charge in [-0.05, 0) is 55.3 Å². The van der Waals surface area contributed by atoms with E-state index in [4.69, 9.17) is 0 Å². The highest BCUT2D eigenvalue weighted by molar-refractivity contribution is 6.04. The Morgan fingerprint density at radius 2 is 1.77 bits per heavy atom. The summed E-state index contributed by atoms with van der Waals surface area (Å²) in [6, 6.07) is 11.7. The maximum Gasteiger partial charge on any atom is 0.573 e. The summed E-state index contributed by atoms with van der Waals surface area (Å²) in [5.41, 5.74) is 1.83. The van der Waals surface area contributed by atoms with E-state index in [0.717, 1.165) is 25.9 Å². The molecule has 2 amide bonds. The van der Waals surface area contributed by atoms with Crippen molar-refractivity contribution in [3.8, 4) is 5.75 Å². The Bertz CT molecular complexity index is 956. The van der Waals surface area contributed by atoms with E-state index in [1.54, 1.807) is 29.2 Å². The average molecular weight is 433 g/mol. The van der Waals surface area contributed by atoms with Gasteiger partial charge in [-0.2, -0.15) is 0 Å². The van der Waals surface area contributed by atoms with E-state index in [1.807, 2.05) is 0 Å². The fourth-order valence-electron chi connectivity index (χ4n) is 4.16. The van der Waals surface area contributed by atoms with Crippen molar-refractivity contribution in [3.63, 3.8) is 0 Å². The second-order valence-corrected chi connectivity index (χ2v) is 7.59. The molecule has 4 rings (SSSR count). The van der Waals surface area contributed by atoms with Gasteiger partial charge in [0.1, 0.15) is 11.8 Å². The van der Waals surface area contributed by atoms with Crippen LogP contribution >= 0.6 is 0 Å². The van der Waals surface area contributed by atoms with Crippen LogP contribution in [0.1, 0.15) is 40.4 Å². The van der Waals surface area contributed by atoms with Crippen LogP contribution < -0.4 is 15.4 Å². The monoisotopic (exact) mass is 433 g/mol. The molecule has 0 spiro atoms. The molecule has 1 atom stereocenters. The minimum atomic E-state index is -4.75. The SMILES string of the molecule is O=C(NCc1ccc(OC(F)(F)F)cc1)C1c2ccccc2C(=O)N1C1CCNCC1. The van der Waals surface area contributed by atoms with Crippen molar-refractivity contribution in [2.45, 2.75) is 37.8 Å². The Morgan fingerprint density at radius 1 is 1.10 bits per heavy atom. The van der Waals surface area contributed by atoms with Crippen molar-refractivity contribution in [3.05, 3.63) is 65.2 Å². The number of amides is 2. The zero-order valence-corrected chi connectivity index (χ0v) is 16.6. The molecule has 0 bridgehead atoms. The lowest BCUT2D eigenvalue weighted by Gasteiger charge is -2.35. The number of nitrogens with zero attached hydrogens (tertiary/aromatic N) is 1. The Morgan fingerprint density at radius 3 is 2.45 bits per heavy atom. The van der Waals surface area contributed by atoms with Gasteiger partial charge in [0.25, 0.3) is 5.91 Å². The van der Waals surface area contributed by atoms with E-state index < -0.39 is 12.4 Å². The first-order valence-electron chi connectivity index (χ1n) is 10.1. The number of benzene rings is 2. The molecule has 1 unspecified atom stereocenters. The Labute approximate surface area is 177 Å². The first-order chi connectivity index (χ1) is 14.8. The van der Waals surface area contributed by atoms with Gasteiger partial charge in [0, 0.05) is 18.2 Å². The summed E-state index contributed by atoms with van der Waals surface area (Å²) in [4.78, 5) is 27.9. The lowest BCUT2D eigenvalue weighted by Crippen LogP contribution is -2.48. The number of ether oxygens (including phenoxy) is 1. The number of hydrogen-bond donors (Lipinski definition) is 2. The maximum absolute atomic E-state index is 13.1. The zero-order valence-electron chi connectivity index (χ0n) is 16.6. The van der Waals surface area contributed by atoms with Crippen molar-refractivity contribution in [1.82, 2.24) is 15.5 Å². The molecule has 31 heavy (non-hydrogen) atoms. The Kier molecular flexibility index (Phi) is 5.86. The minimum Gasteiger partial charge on any atom is -0.406 e. The summed E-state index contributed by atoms with van der Waals surface area (Å²) in [5, 5.41) is 6.09. The highest BCUT2D eigenvalue weighted by Crippen LogP contribution is 2.37. The third kappa shape index (κ3) is 4.66. The van der Waals surface area contributed by atoms with Crippen LogP contribution in [0.4, 0.5) is 13.2 Å². The summed E-state index contributed by atoms with van der Waals surface area (Å²) in [5.74, 6) is -0.779. The van der Waals surface area contributed by atoms with Crippen LogP contribution in [0.15, 0.2) is 48.5 Å². The fraction of sp³-hybridized carbons (Fsp3) is 0.364. The standard InChI is InChI=1S/C22H22F3N3O3/c23-22(24,25)31-16-7-5-14(6-8-16)13-27-20(29)19-17-3-1-2-4-18(17)21(30)28(19)15-9-11-26-12-10-15/h1-8,15,19,26H,9-13H2,(H,27,29). The average Bonchev–Trinajstić information content (AvgIpc) is 3.05. The molecule has 9 heteroatoms. The summed E-state index contributed by atoms with van der Waals surface area (Å²) in [6.07, 6.45) is -3.22. The van der Waals surface area contributed by atoms with Gasteiger partial charge in [0.2, 0.25) is 5.91 Å². The molecular formula is C22H22F3N3O3. The lowest BCUT2D eigenvalue weighted by atomic mass is 10.0. The molecule has 0 aliphatic carbocycles. The zero-order chi connectivity index (χ0) is 22.0. The molecule has 1 fully saturated rings. The van der Waals surface area contributed by atoms with Gasteiger partial charge in [-0.15, -0.1) is 13.2 Å². The predicted molar refractivity (Wildman–Crippen MR) is 106 cm³/mol. The topological polar surface area (TPSA) is 70.7 Å². The number of fused-ring (bicyclic) bond motifs is 1. The van der Waals surface area contributed by atoms with Gasteiger partial charge in [-0.25, -0.2) is 0 Å². The third-order valence-electron chi connectivity index (χ3n) is 5.57. The quantitative estimate of drug-likeness (QED) is 0.760. The molecule has 0 saturated carbocycles. The van der Waals surface area contributed by atoms with Crippen molar-refractivity contribution in [1.29, 1.82) is 0 Å². The largest absolute Gasteiger partial charge is 0.573 e. The van der Waals surface area contributed by atoms with E-state index in [2.05, 4.69) is 15.4 Å². The van der Waals surface area contributed by atoms with Gasteiger partial charge < -0.3 is 20.3 Å². The molecule has 2 N–H and O–H groups in total. The van der Waals surface area contributed by atoms with Gasteiger partial charge in [0.15, 0.2) is 0 Å². The highest BCUT2D eigenvalue weighted by atomic mass is 19.4. The van der Waals surface area contributed by atoms with Gasteiger partial charge >= 0.3 is 6.36 Å². The smallest absolute Gasteiger partial charge is 0.406 e. The van der Waals surface area contributed by atoms with Crippen molar-refractivity contribution < 1.29 is 27.5 Å². The van der Waals surface area contributed by atoms with Crippen LogP contribution in [0.5, 0.6) is 5.75 Å². The van der Waals surface area contributed by atoms with Crippen LogP contribution in [-0.4, -0.2) is 42.2 Å². The summed E-state index contributed by atoms with van der Waals surface area (Å²) < 4.78 is 40.7. The van der Waals surface area contributed by atoms with Gasteiger partial charge in [-0.3, -0.25) is 9.59 Å². The van der Waals surface area contributed by atoms with Crippen molar-refractivity contribution in [2.75, 3.05) is 13.1 Å². The van der Waals surface area contributed by atoms with Crippen LogP contribution in [0.3, 0.4) is 0 Å². The van der Waals surface area contributed by atoms with Crippen LogP contribution in [0.25, 0.3) is 0 Å². The van der Waals surface area contributed by atoms with Crippen LogP contribution in [-0.2, 0) is 11.3 Å². The molecule has 0 radical (unpaired) electrons. The normalized spacial score (nSPS) is 19.3. The van der Waals surface area contributed by atoms with E-state index in [-0.39, 0.29) is 30.2 Å². The van der Waals surface area contributed by atoms with Crippen LogP contribution in [0, 0.1) is 0 Å².